The molecule has 21 heavy (non-hydrogen) atoms. The lowest BCUT2D eigenvalue weighted by atomic mass is 10.0. The number of anilines is 1. The van der Waals surface area contributed by atoms with Crippen molar-refractivity contribution in [2.45, 2.75) is 19.4 Å². The van der Waals surface area contributed by atoms with Crippen LogP contribution in [-0.4, -0.2) is 42.3 Å². The summed E-state index contributed by atoms with van der Waals surface area (Å²) in [5, 5.41) is 20.7. The summed E-state index contributed by atoms with van der Waals surface area (Å²) in [6, 6.07) is 3.96. The van der Waals surface area contributed by atoms with Gasteiger partial charge in [0, 0.05) is 12.6 Å². The van der Waals surface area contributed by atoms with Crippen LogP contribution in [0.3, 0.4) is 0 Å². The van der Waals surface area contributed by atoms with Crippen LogP contribution in [0.2, 0.25) is 0 Å². The van der Waals surface area contributed by atoms with Gasteiger partial charge in [-0.15, -0.1) is 0 Å². The van der Waals surface area contributed by atoms with Crippen LogP contribution in [-0.2, 0) is 4.74 Å². The normalized spacial score (nSPS) is 21.4. The maximum Gasteiger partial charge on any atom is 0.337 e. The lowest BCUT2D eigenvalue weighted by Gasteiger charge is -2.27. The Morgan fingerprint density at radius 2 is 2.29 bits per heavy atom. The SMILES string of the molecule is COC(=O)c1ccc([N+](=O)[O-])c(N2CCC(C)C2CO)c1. The lowest BCUT2D eigenvalue weighted by Crippen LogP contribution is -2.35. The molecule has 114 valence electrons. The summed E-state index contributed by atoms with van der Waals surface area (Å²) in [6.07, 6.45) is 0.838. The van der Waals surface area contributed by atoms with Gasteiger partial charge in [0.25, 0.3) is 5.69 Å². The fourth-order valence-corrected chi connectivity index (χ4v) is 2.74. The molecule has 1 saturated heterocycles. The molecule has 1 heterocycles. The predicted octanol–water partition coefficient (Wildman–Crippen LogP) is 1.59. The number of ether oxygens (including phenoxy) is 1. The van der Waals surface area contributed by atoms with E-state index < -0.39 is 10.9 Å². The number of aliphatic hydroxyl groups excluding tert-OH is 1. The fourth-order valence-electron chi connectivity index (χ4n) is 2.74. The molecular formula is C14H18N2O5. The van der Waals surface area contributed by atoms with E-state index in [4.69, 9.17) is 0 Å². The first-order valence-electron chi connectivity index (χ1n) is 6.73. The predicted molar refractivity (Wildman–Crippen MR) is 76.4 cm³/mol. The Balaban J connectivity index is 2.48. The van der Waals surface area contributed by atoms with Gasteiger partial charge in [-0.05, 0) is 24.5 Å². The number of nitro benzene ring substituents is 1. The highest BCUT2D eigenvalue weighted by Crippen LogP contribution is 2.36. The quantitative estimate of drug-likeness (QED) is 0.515. The Labute approximate surface area is 122 Å². The fraction of sp³-hybridized carbons (Fsp3) is 0.500. The van der Waals surface area contributed by atoms with Crippen LogP contribution in [0.5, 0.6) is 0 Å². The summed E-state index contributed by atoms with van der Waals surface area (Å²) in [6.45, 7) is 2.52. The molecule has 2 rings (SSSR count). The summed E-state index contributed by atoms with van der Waals surface area (Å²) in [5.41, 5.74) is 0.538. The molecular weight excluding hydrogens is 276 g/mol. The molecule has 0 amide bonds. The third kappa shape index (κ3) is 2.82. The number of nitro groups is 1. The van der Waals surface area contributed by atoms with Crippen molar-refractivity contribution in [3.05, 3.63) is 33.9 Å². The molecule has 2 atom stereocenters. The smallest absolute Gasteiger partial charge is 0.337 e. The summed E-state index contributed by atoms with van der Waals surface area (Å²) < 4.78 is 4.65. The molecule has 1 N–H and O–H groups in total. The number of carbonyl (C=O) groups is 1. The summed E-state index contributed by atoms with van der Waals surface area (Å²) in [7, 11) is 1.26. The van der Waals surface area contributed by atoms with Crippen LogP contribution in [0.4, 0.5) is 11.4 Å². The average Bonchev–Trinajstić information content (AvgIpc) is 2.86. The minimum Gasteiger partial charge on any atom is -0.465 e. The minimum atomic E-state index is -0.543. The lowest BCUT2D eigenvalue weighted by molar-refractivity contribution is -0.384. The van der Waals surface area contributed by atoms with E-state index >= 15 is 0 Å². The Morgan fingerprint density at radius 1 is 1.57 bits per heavy atom. The van der Waals surface area contributed by atoms with Crippen LogP contribution in [0, 0.1) is 16.0 Å². The molecule has 2 unspecified atom stereocenters. The topological polar surface area (TPSA) is 92.9 Å². The van der Waals surface area contributed by atoms with Gasteiger partial charge in [-0.3, -0.25) is 10.1 Å². The molecule has 0 aliphatic carbocycles. The van der Waals surface area contributed by atoms with Crippen LogP contribution in [0.25, 0.3) is 0 Å². The van der Waals surface area contributed by atoms with Gasteiger partial charge >= 0.3 is 5.97 Å². The van der Waals surface area contributed by atoms with Crippen molar-refractivity contribution < 1.29 is 19.6 Å². The van der Waals surface area contributed by atoms with Gasteiger partial charge in [-0.2, -0.15) is 0 Å². The van der Waals surface area contributed by atoms with E-state index in [0.29, 0.717) is 12.2 Å². The molecule has 1 fully saturated rings. The first-order chi connectivity index (χ1) is 9.99. The van der Waals surface area contributed by atoms with Gasteiger partial charge in [0.2, 0.25) is 0 Å². The highest BCUT2D eigenvalue weighted by atomic mass is 16.6. The molecule has 1 aliphatic rings. The highest BCUT2D eigenvalue weighted by Gasteiger charge is 2.34. The zero-order valence-electron chi connectivity index (χ0n) is 12.0. The zero-order valence-corrected chi connectivity index (χ0v) is 12.0. The second kappa shape index (κ2) is 6.09. The summed E-state index contributed by atoms with van der Waals surface area (Å²) in [4.78, 5) is 24.1. The van der Waals surface area contributed by atoms with E-state index in [1.165, 1.54) is 25.3 Å². The van der Waals surface area contributed by atoms with E-state index in [2.05, 4.69) is 4.74 Å². The van der Waals surface area contributed by atoms with E-state index in [9.17, 15) is 20.0 Å². The van der Waals surface area contributed by atoms with Gasteiger partial charge in [0.05, 0.1) is 30.2 Å². The molecule has 0 radical (unpaired) electrons. The molecule has 1 aromatic rings. The molecule has 0 bridgehead atoms. The molecule has 0 saturated carbocycles. The number of carbonyl (C=O) groups excluding carboxylic acids is 1. The largest absolute Gasteiger partial charge is 0.465 e. The Kier molecular flexibility index (Phi) is 4.42. The number of methoxy groups -OCH3 is 1. The maximum atomic E-state index is 11.6. The Morgan fingerprint density at radius 3 is 2.86 bits per heavy atom. The second-order valence-electron chi connectivity index (χ2n) is 5.16. The number of aliphatic hydroxyl groups is 1. The monoisotopic (exact) mass is 294 g/mol. The highest BCUT2D eigenvalue weighted by molar-refractivity contribution is 5.91. The van der Waals surface area contributed by atoms with Crippen molar-refractivity contribution in [2.75, 3.05) is 25.2 Å². The van der Waals surface area contributed by atoms with Crippen molar-refractivity contribution in [1.82, 2.24) is 0 Å². The van der Waals surface area contributed by atoms with E-state index in [0.717, 1.165) is 6.42 Å². The molecule has 7 nitrogen and oxygen atoms in total. The molecule has 1 aromatic carbocycles. The first-order valence-corrected chi connectivity index (χ1v) is 6.73. The van der Waals surface area contributed by atoms with Crippen molar-refractivity contribution >= 4 is 17.3 Å². The van der Waals surface area contributed by atoms with Crippen LogP contribution in [0.1, 0.15) is 23.7 Å². The van der Waals surface area contributed by atoms with Gasteiger partial charge < -0.3 is 14.7 Å². The molecule has 7 heteroatoms. The van der Waals surface area contributed by atoms with Gasteiger partial charge in [0.15, 0.2) is 0 Å². The number of esters is 1. The standard InChI is InChI=1S/C14H18N2O5/c1-9-5-6-15(13(9)8-17)12-7-10(14(18)21-2)3-4-11(12)16(19)20/h3-4,7,9,13,17H,5-6,8H2,1-2H3. The number of nitrogens with zero attached hydrogens (tertiary/aromatic N) is 2. The van der Waals surface area contributed by atoms with Crippen molar-refractivity contribution in [3.63, 3.8) is 0 Å². The average molecular weight is 294 g/mol. The van der Waals surface area contributed by atoms with Gasteiger partial charge in [-0.25, -0.2) is 4.79 Å². The molecule has 0 spiro atoms. The van der Waals surface area contributed by atoms with Crippen LogP contribution in [0.15, 0.2) is 18.2 Å². The van der Waals surface area contributed by atoms with Crippen LogP contribution < -0.4 is 4.90 Å². The zero-order chi connectivity index (χ0) is 15.6. The van der Waals surface area contributed by atoms with E-state index in [-0.39, 0.29) is 29.8 Å². The summed E-state index contributed by atoms with van der Waals surface area (Å²) in [5.74, 6) is -0.310. The first kappa shape index (κ1) is 15.2. The van der Waals surface area contributed by atoms with Gasteiger partial charge in [-0.1, -0.05) is 6.92 Å². The van der Waals surface area contributed by atoms with Crippen molar-refractivity contribution in [1.29, 1.82) is 0 Å². The summed E-state index contributed by atoms with van der Waals surface area (Å²) >= 11 is 0. The Bertz CT molecular complexity index is 560. The maximum absolute atomic E-state index is 11.6. The van der Waals surface area contributed by atoms with Gasteiger partial charge in [0.1, 0.15) is 5.69 Å². The molecule has 0 aromatic heterocycles. The number of hydrogen-bond acceptors (Lipinski definition) is 6. The van der Waals surface area contributed by atoms with Crippen LogP contribution >= 0.6 is 0 Å². The van der Waals surface area contributed by atoms with E-state index in [1.807, 2.05) is 6.92 Å². The van der Waals surface area contributed by atoms with E-state index in [1.54, 1.807) is 4.90 Å². The number of hydrogen-bond donors (Lipinski definition) is 1. The number of benzene rings is 1. The van der Waals surface area contributed by atoms with Crippen molar-refractivity contribution in [3.8, 4) is 0 Å². The second-order valence-corrected chi connectivity index (χ2v) is 5.16. The Hall–Kier alpha value is -2.15. The molecule has 1 aliphatic heterocycles. The van der Waals surface area contributed by atoms with Crippen molar-refractivity contribution in [2.24, 2.45) is 5.92 Å². The third-order valence-electron chi connectivity index (χ3n) is 3.97. The minimum absolute atomic E-state index is 0.0739. The number of rotatable bonds is 4. The third-order valence-corrected chi connectivity index (χ3v) is 3.97.